The number of nitrogens with zero attached hydrogens (tertiary/aromatic N) is 2. The van der Waals surface area contributed by atoms with E-state index in [0.717, 1.165) is 24.2 Å². The molecule has 4 N–H and O–H groups in total. The number of aromatic nitrogens is 2. The molecule has 0 spiro atoms. The number of nitrogens with two attached hydrogens (primary N) is 1. The highest BCUT2D eigenvalue weighted by Crippen LogP contribution is 2.29. The van der Waals surface area contributed by atoms with E-state index >= 15 is 0 Å². The fourth-order valence-corrected chi connectivity index (χ4v) is 2.17. The number of rotatable bonds is 7. The SMILES string of the molecule is CCC(CC)(CO)CNc1ncnc(N)c1C(C)C. The van der Waals surface area contributed by atoms with Gasteiger partial charge in [0.2, 0.25) is 0 Å². The number of hydrogen-bond donors (Lipinski definition) is 3. The number of aliphatic hydroxyl groups excluding tert-OH is 1. The Hall–Kier alpha value is -1.36. The van der Waals surface area contributed by atoms with Crippen LogP contribution < -0.4 is 11.1 Å². The Kier molecular flexibility index (Phi) is 5.54. The average molecular weight is 266 g/mol. The van der Waals surface area contributed by atoms with E-state index in [2.05, 4.69) is 43.0 Å². The summed E-state index contributed by atoms with van der Waals surface area (Å²) in [5.74, 6) is 1.56. The predicted molar refractivity (Wildman–Crippen MR) is 79.1 cm³/mol. The molecular weight excluding hydrogens is 240 g/mol. The van der Waals surface area contributed by atoms with Crippen molar-refractivity contribution in [1.29, 1.82) is 0 Å². The van der Waals surface area contributed by atoms with E-state index in [0.29, 0.717) is 12.4 Å². The first-order chi connectivity index (χ1) is 8.99. The Morgan fingerprint density at radius 3 is 2.42 bits per heavy atom. The monoisotopic (exact) mass is 266 g/mol. The molecule has 1 aromatic heterocycles. The molecule has 0 radical (unpaired) electrons. The fraction of sp³-hybridized carbons (Fsp3) is 0.714. The van der Waals surface area contributed by atoms with Gasteiger partial charge in [-0.25, -0.2) is 9.97 Å². The molecular formula is C14H26N4O. The Morgan fingerprint density at radius 1 is 1.32 bits per heavy atom. The molecule has 5 nitrogen and oxygen atoms in total. The molecule has 5 heteroatoms. The molecule has 0 atom stereocenters. The van der Waals surface area contributed by atoms with Crippen molar-refractivity contribution in [2.24, 2.45) is 5.41 Å². The first-order valence-electron chi connectivity index (χ1n) is 6.94. The maximum Gasteiger partial charge on any atom is 0.135 e. The molecule has 1 heterocycles. The van der Waals surface area contributed by atoms with Crippen molar-refractivity contribution in [2.45, 2.75) is 46.5 Å². The highest BCUT2D eigenvalue weighted by molar-refractivity contribution is 5.56. The van der Waals surface area contributed by atoms with Gasteiger partial charge in [-0.1, -0.05) is 27.7 Å². The fourth-order valence-electron chi connectivity index (χ4n) is 2.17. The summed E-state index contributed by atoms with van der Waals surface area (Å²) in [7, 11) is 0. The average Bonchev–Trinajstić information content (AvgIpc) is 2.40. The van der Waals surface area contributed by atoms with Crippen LogP contribution in [0.3, 0.4) is 0 Å². The van der Waals surface area contributed by atoms with Crippen LogP contribution in [0.15, 0.2) is 6.33 Å². The van der Waals surface area contributed by atoms with Gasteiger partial charge in [-0.2, -0.15) is 0 Å². The normalized spacial score (nSPS) is 11.9. The van der Waals surface area contributed by atoms with Crippen LogP contribution in [0, 0.1) is 5.41 Å². The van der Waals surface area contributed by atoms with Crippen LogP contribution in [0.5, 0.6) is 0 Å². The lowest BCUT2D eigenvalue weighted by atomic mass is 9.83. The van der Waals surface area contributed by atoms with Crippen LogP contribution >= 0.6 is 0 Å². The Labute approximate surface area is 115 Å². The molecule has 19 heavy (non-hydrogen) atoms. The van der Waals surface area contributed by atoms with Crippen LogP contribution in [0.1, 0.15) is 52.0 Å². The molecule has 0 amide bonds. The van der Waals surface area contributed by atoms with E-state index in [1.807, 2.05) is 0 Å². The molecule has 0 saturated carbocycles. The molecule has 0 bridgehead atoms. The van der Waals surface area contributed by atoms with Crippen LogP contribution in [0.25, 0.3) is 0 Å². The molecule has 0 aliphatic rings. The zero-order valence-electron chi connectivity index (χ0n) is 12.4. The van der Waals surface area contributed by atoms with Gasteiger partial charge < -0.3 is 16.2 Å². The smallest absolute Gasteiger partial charge is 0.135 e. The van der Waals surface area contributed by atoms with E-state index in [-0.39, 0.29) is 17.9 Å². The first-order valence-corrected chi connectivity index (χ1v) is 6.94. The van der Waals surface area contributed by atoms with Crippen LogP contribution in [-0.4, -0.2) is 28.2 Å². The van der Waals surface area contributed by atoms with Gasteiger partial charge in [-0.05, 0) is 18.8 Å². The third-order valence-electron chi connectivity index (χ3n) is 3.96. The van der Waals surface area contributed by atoms with Gasteiger partial charge >= 0.3 is 0 Å². The van der Waals surface area contributed by atoms with Crippen molar-refractivity contribution in [3.05, 3.63) is 11.9 Å². The van der Waals surface area contributed by atoms with Gasteiger partial charge in [0, 0.05) is 17.5 Å². The largest absolute Gasteiger partial charge is 0.396 e. The van der Waals surface area contributed by atoms with Gasteiger partial charge in [0.25, 0.3) is 0 Å². The lowest BCUT2D eigenvalue weighted by Crippen LogP contribution is -2.33. The van der Waals surface area contributed by atoms with E-state index in [1.165, 1.54) is 6.33 Å². The van der Waals surface area contributed by atoms with Crippen molar-refractivity contribution in [1.82, 2.24) is 9.97 Å². The molecule has 0 fully saturated rings. The zero-order valence-corrected chi connectivity index (χ0v) is 12.4. The maximum atomic E-state index is 9.59. The molecule has 0 saturated heterocycles. The molecule has 0 unspecified atom stereocenters. The van der Waals surface area contributed by atoms with Crippen molar-refractivity contribution >= 4 is 11.6 Å². The minimum atomic E-state index is -0.103. The second-order valence-electron chi connectivity index (χ2n) is 5.39. The summed E-state index contributed by atoms with van der Waals surface area (Å²) >= 11 is 0. The second-order valence-corrected chi connectivity index (χ2v) is 5.39. The van der Waals surface area contributed by atoms with E-state index in [4.69, 9.17) is 5.73 Å². The Bertz CT molecular complexity index is 394. The number of anilines is 2. The maximum absolute atomic E-state index is 9.59. The number of hydrogen-bond acceptors (Lipinski definition) is 5. The van der Waals surface area contributed by atoms with E-state index in [1.54, 1.807) is 0 Å². The van der Waals surface area contributed by atoms with Crippen molar-refractivity contribution < 1.29 is 5.11 Å². The van der Waals surface area contributed by atoms with Crippen LogP contribution in [0.4, 0.5) is 11.6 Å². The van der Waals surface area contributed by atoms with E-state index in [9.17, 15) is 5.11 Å². The topological polar surface area (TPSA) is 84.1 Å². The van der Waals surface area contributed by atoms with Crippen molar-refractivity contribution in [3.8, 4) is 0 Å². The highest BCUT2D eigenvalue weighted by atomic mass is 16.3. The lowest BCUT2D eigenvalue weighted by Gasteiger charge is -2.30. The summed E-state index contributed by atoms with van der Waals surface area (Å²) in [5.41, 5.74) is 6.76. The summed E-state index contributed by atoms with van der Waals surface area (Å²) in [6, 6.07) is 0. The quantitative estimate of drug-likeness (QED) is 0.705. The molecule has 0 aliphatic heterocycles. The lowest BCUT2D eigenvalue weighted by molar-refractivity contribution is 0.127. The van der Waals surface area contributed by atoms with Crippen LogP contribution in [0.2, 0.25) is 0 Å². The summed E-state index contributed by atoms with van der Waals surface area (Å²) in [6.45, 7) is 9.19. The summed E-state index contributed by atoms with van der Waals surface area (Å²) in [6.07, 6.45) is 3.32. The van der Waals surface area contributed by atoms with Gasteiger partial charge in [-0.15, -0.1) is 0 Å². The molecule has 0 aromatic carbocycles. The molecule has 1 rings (SSSR count). The third kappa shape index (κ3) is 3.56. The number of nitrogens with one attached hydrogen (secondary N) is 1. The van der Waals surface area contributed by atoms with Crippen molar-refractivity contribution in [3.63, 3.8) is 0 Å². The first kappa shape index (κ1) is 15.7. The Morgan fingerprint density at radius 2 is 1.95 bits per heavy atom. The van der Waals surface area contributed by atoms with E-state index < -0.39 is 0 Å². The number of nitrogen functional groups attached to an aromatic ring is 1. The predicted octanol–water partition coefficient (Wildman–Crippen LogP) is 2.39. The van der Waals surface area contributed by atoms with Crippen molar-refractivity contribution in [2.75, 3.05) is 24.2 Å². The standard InChI is InChI=1S/C14H26N4O/c1-5-14(6-2,8-19)7-16-13-11(10(3)4)12(15)17-9-18-13/h9-10,19H,5-8H2,1-4H3,(H3,15,16,17,18). The van der Waals surface area contributed by atoms with Gasteiger partial charge in [0.15, 0.2) is 0 Å². The minimum absolute atomic E-state index is 0.103. The minimum Gasteiger partial charge on any atom is -0.396 e. The molecule has 0 aliphatic carbocycles. The van der Waals surface area contributed by atoms with Crippen LogP contribution in [-0.2, 0) is 0 Å². The van der Waals surface area contributed by atoms with Gasteiger partial charge in [0.05, 0.1) is 6.61 Å². The third-order valence-corrected chi connectivity index (χ3v) is 3.96. The second kappa shape index (κ2) is 6.70. The van der Waals surface area contributed by atoms with Gasteiger partial charge in [0.1, 0.15) is 18.0 Å². The Balaban J connectivity index is 2.91. The van der Waals surface area contributed by atoms with Gasteiger partial charge in [-0.3, -0.25) is 0 Å². The summed E-state index contributed by atoms with van der Waals surface area (Å²) in [4.78, 5) is 8.33. The number of aliphatic hydroxyl groups is 1. The zero-order chi connectivity index (χ0) is 14.5. The summed E-state index contributed by atoms with van der Waals surface area (Å²) in [5, 5.41) is 12.9. The molecule has 1 aromatic rings. The highest BCUT2D eigenvalue weighted by Gasteiger charge is 2.26. The molecule has 108 valence electrons. The summed E-state index contributed by atoms with van der Waals surface area (Å²) < 4.78 is 0.